The standard InChI is InChI=1S/C8H9NO3.Cl2OS/c1-11-7-6(8(10)12-2)4-3-5-9-7;1-4(2)3/h3-5H,1-2H3;. The number of halogens is 2. The third-order valence-electron chi connectivity index (χ3n) is 1.37. The maximum atomic E-state index is 11.1. The average molecular weight is 286 g/mol. The SMILES string of the molecule is COC(=O)c1cccnc1OC.O=S(Cl)Cl. The highest BCUT2D eigenvalue weighted by Gasteiger charge is 2.11. The van der Waals surface area contributed by atoms with Crippen molar-refractivity contribution in [3.63, 3.8) is 0 Å². The molecule has 0 aromatic carbocycles. The Labute approximate surface area is 104 Å². The fourth-order valence-electron chi connectivity index (χ4n) is 0.819. The van der Waals surface area contributed by atoms with E-state index < -0.39 is 15.2 Å². The highest BCUT2D eigenvalue weighted by molar-refractivity contribution is 8.26. The van der Waals surface area contributed by atoms with Crippen LogP contribution in [0.25, 0.3) is 0 Å². The van der Waals surface area contributed by atoms with Gasteiger partial charge in [-0.15, -0.1) is 0 Å². The molecule has 5 nitrogen and oxygen atoms in total. The molecule has 0 aliphatic rings. The van der Waals surface area contributed by atoms with E-state index in [1.54, 1.807) is 18.3 Å². The molecule has 0 amide bonds. The molecule has 0 atom stereocenters. The number of hydrogen-bond acceptors (Lipinski definition) is 5. The average Bonchev–Trinajstić information content (AvgIpc) is 2.27. The van der Waals surface area contributed by atoms with Crippen LogP contribution in [0.3, 0.4) is 0 Å². The van der Waals surface area contributed by atoms with Crippen molar-refractivity contribution in [2.75, 3.05) is 14.2 Å². The van der Waals surface area contributed by atoms with Crippen LogP contribution in [-0.4, -0.2) is 29.4 Å². The first-order valence-electron chi connectivity index (χ1n) is 3.84. The Morgan fingerprint density at radius 2 is 2.00 bits per heavy atom. The summed E-state index contributed by atoms with van der Waals surface area (Å²) in [6, 6.07) is 3.24. The highest BCUT2D eigenvalue weighted by atomic mass is 36.0. The molecule has 0 saturated heterocycles. The summed E-state index contributed by atoms with van der Waals surface area (Å²) in [5.41, 5.74) is 0.336. The van der Waals surface area contributed by atoms with E-state index in [4.69, 9.17) is 8.95 Å². The normalized spacial score (nSPS) is 9.06. The van der Waals surface area contributed by atoms with Gasteiger partial charge in [0.25, 0.3) is 0 Å². The number of hydrogen-bond donors (Lipinski definition) is 0. The van der Waals surface area contributed by atoms with Gasteiger partial charge in [-0.3, -0.25) is 0 Å². The number of carbonyl (C=O) groups is 1. The molecule has 0 bridgehead atoms. The predicted molar refractivity (Wildman–Crippen MR) is 62.0 cm³/mol. The van der Waals surface area contributed by atoms with E-state index in [1.807, 2.05) is 0 Å². The van der Waals surface area contributed by atoms with Gasteiger partial charge < -0.3 is 9.47 Å². The fraction of sp³-hybridized carbons (Fsp3) is 0.250. The van der Waals surface area contributed by atoms with E-state index >= 15 is 0 Å². The number of aromatic nitrogens is 1. The first kappa shape index (κ1) is 15.2. The summed E-state index contributed by atoms with van der Waals surface area (Å²) >= 11 is 0. The van der Waals surface area contributed by atoms with Crippen molar-refractivity contribution < 1.29 is 18.5 Å². The van der Waals surface area contributed by atoms with Gasteiger partial charge in [0.1, 0.15) is 5.56 Å². The second-order valence-electron chi connectivity index (χ2n) is 2.24. The largest absolute Gasteiger partial charge is 0.480 e. The molecule has 1 heterocycles. The third kappa shape index (κ3) is 5.89. The first-order chi connectivity index (χ1) is 7.52. The zero-order chi connectivity index (χ0) is 12.6. The number of nitrogens with zero attached hydrogens (tertiary/aromatic N) is 1. The third-order valence-corrected chi connectivity index (χ3v) is 1.37. The van der Waals surface area contributed by atoms with Crippen molar-refractivity contribution in [1.29, 1.82) is 0 Å². The molecule has 0 saturated carbocycles. The minimum absolute atomic E-state index is 0.282. The van der Waals surface area contributed by atoms with Crippen molar-refractivity contribution >= 4 is 36.6 Å². The van der Waals surface area contributed by atoms with Crippen LogP contribution >= 0.6 is 21.4 Å². The molecule has 0 fully saturated rings. The smallest absolute Gasteiger partial charge is 0.343 e. The Morgan fingerprint density at radius 3 is 2.44 bits per heavy atom. The van der Waals surface area contributed by atoms with Gasteiger partial charge in [-0.2, -0.15) is 0 Å². The molecule has 1 aromatic heterocycles. The molecule has 16 heavy (non-hydrogen) atoms. The van der Waals surface area contributed by atoms with E-state index in [9.17, 15) is 4.79 Å². The van der Waals surface area contributed by atoms with Gasteiger partial charge in [0.05, 0.1) is 14.2 Å². The summed E-state index contributed by atoms with van der Waals surface area (Å²) in [6.07, 6.45) is 1.55. The summed E-state index contributed by atoms with van der Waals surface area (Å²) in [5.74, 6) is -0.163. The first-order valence-corrected chi connectivity index (χ1v) is 6.64. The number of carbonyl (C=O) groups excluding carboxylic acids is 1. The van der Waals surface area contributed by atoms with Gasteiger partial charge in [0, 0.05) is 27.6 Å². The molecule has 1 aromatic rings. The van der Waals surface area contributed by atoms with Crippen LogP contribution in [0.1, 0.15) is 10.4 Å². The van der Waals surface area contributed by atoms with Crippen LogP contribution in [0.2, 0.25) is 0 Å². The number of esters is 1. The van der Waals surface area contributed by atoms with Crippen molar-refractivity contribution in [2.24, 2.45) is 0 Å². The lowest BCUT2D eigenvalue weighted by atomic mass is 10.3. The van der Waals surface area contributed by atoms with Crippen LogP contribution in [0.15, 0.2) is 18.3 Å². The predicted octanol–water partition coefficient (Wildman–Crippen LogP) is 1.92. The summed E-state index contributed by atoms with van der Waals surface area (Å²) in [4.78, 5) is 14.9. The Hall–Kier alpha value is -0.850. The monoisotopic (exact) mass is 285 g/mol. The van der Waals surface area contributed by atoms with Crippen molar-refractivity contribution in [1.82, 2.24) is 4.98 Å². The molecule has 0 aliphatic carbocycles. The summed E-state index contributed by atoms with van der Waals surface area (Å²) in [6.45, 7) is 0. The van der Waals surface area contributed by atoms with E-state index in [1.165, 1.54) is 14.2 Å². The van der Waals surface area contributed by atoms with Crippen molar-refractivity contribution in [3.05, 3.63) is 23.9 Å². The molecular formula is C8H9Cl2NO4S. The lowest BCUT2D eigenvalue weighted by molar-refractivity contribution is 0.0596. The van der Waals surface area contributed by atoms with Crippen molar-refractivity contribution in [2.45, 2.75) is 0 Å². The van der Waals surface area contributed by atoms with E-state index in [0.29, 0.717) is 5.56 Å². The van der Waals surface area contributed by atoms with Crippen LogP contribution in [-0.2, 0) is 14.0 Å². The number of ether oxygens (including phenoxy) is 2. The topological polar surface area (TPSA) is 65.5 Å². The zero-order valence-corrected chi connectivity index (χ0v) is 10.8. The van der Waals surface area contributed by atoms with Crippen molar-refractivity contribution in [3.8, 4) is 5.88 Å². The van der Waals surface area contributed by atoms with Gasteiger partial charge >= 0.3 is 5.97 Å². The van der Waals surface area contributed by atoms with E-state index in [-0.39, 0.29) is 5.88 Å². The van der Waals surface area contributed by atoms with Gasteiger partial charge in [0.2, 0.25) is 15.1 Å². The number of methoxy groups -OCH3 is 2. The lowest BCUT2D eigenvalue weighted by Gasteiger charge is -2.03. The summed E-state index contributed by atoms with van der Waals surface area (Å²) < 4.78 is 18.5. The molecule has 0 N–H and O–H groups in total. The molecule has 0 radical (unpaired) electrons. The molecule has 90 valence electrons. The number of pyridine rings is 1. The highest BCUT2D eigenvalue weighted by Crippen LogP contribution is 2.13. The zero-order valence-electron chi connectivity index (χ0n) is 8.48. The molecule has 1 rings (SSSR count). The van der Waals surface area contributed by atoms with E-state index in [0.717, 1.165) is 0 Å². The quantitative estimate of drug-likeness (QED) is 0.614. The second kappa shape index (κ2) is 8.32. The Balaban J connectivity index is 0.000000487. The summed E-state index contributed by atoms with van der Waals surface area (Å²) in [5, 5.41) is 0. The van der Waals surface area contributed by atoms with Crippen LogP contribution < -0.4 is 4.74 Å². The lowest BCUT2D eigenvalue weighted by Crippen LogP contribution is -2.04. The summed E-state index contributed by atoms with van der Waals surface area (Å²) in [7, 11) is 10.1. The Morgan fingerprint density at radius 1 is 1.44 bits per heavy atom. The molecular weight excluding hydrogens is 277 g/mol. The fourth-order valence-corrected chi connectivity index (χ4v) is 0.819. The Kier molecular flexibility index (Phi) is 7.88. The maximum Gasteiger partial charge on any atom is 0.343 e. The van der Waals surface area contributed by atoms with Crippen LogP contribution in [0, 0.1) is 0 Å². The molecule has 0 aliphatic heterocycles. The van der Waals surface area contributed by atoms with E-state index in [2.05, 4.69) is 31.1 Å². The molecule has 8 heteroatoms. The second-order valence-corrected chi connectivity index (χ2v) is 4.76. The molecule has 0 spiro atoms. The minimum Gasteiger partial charge on any atom is -0.480 e. The Bertz CT molecular complexity index is 371. The van der Waals surface area contributed by atoms with Crippen LogP contribution in [0.4, 0.5) is 0 Å². The van der Waals surface area contributed by atoms with Gasteiger partial charge in [-0.1, -0.05) is 0 Å². The molecule has 0 unspecified atom stereocenters. The van der Waals surface area contributed by atoms with Gasteiger partial charge in [0.15, 0.2) is 0 Å². The van der Waals surface area contributed by atoms with Gasteiger partial charge in [-0.25, -0.2) is 14.0 Å². The number of rotatable bonds is 2. The maximum absolute atomic E-state index is 11.1. The van der Waals surface area contributed by atoms with Crippen LogP contribution in [0.5, 0.6) is 5.88 Å². The minimum atomic E-state index is -1.67. The van der Waals surface area contributed by atoms with Gasteiger partial charge in [-0.05, 0) is 12.1 Å².